The first kappa shape index (κ1) is 16.3. The zero-order valence-corrected chi connectivity index (χ0v) is 14.0. The van der Waals surface area contributed by atoms with E-state index >= 15 is 0 Å². The number of nitrogens with one attached hydrogen (secondary N) is 1. The van der Waals surface area contributed by atoms with E-state index in [9.17, 15) is 0 Å². The maximum Gasteiger partial charge on any atom is 0.318 e. The Morgan fingerprint density at radius 1 is 1.24 bits per heavy atom. The average Bonchev–Trinajstić information content (AvgIpc) is 2.76. The fourth-order valence-electron chi connectivity index (χ4n) is 2.84. The van der Waals surface area contributed by atoms with E-state index < -0.39 is 0 Å². The molecule has 1 N–H and O–H groups in total. The van der Waals surface area contributed by atoms with Crippen LogP contribution in [0.5, 0.6) is 0 Å². The highest BCUT2D eigenvalue weighted by Crippen LogP contribution is 2.24. The summed E-state index contributed by atoms with van der Waals surface area (Å²) in [5.41, 5.74) is 0.0601. The van der Waals surface area contributed by atoms with Crippen LogP contribution in [-0.2, 0) is 6.54 Å². The molecule has 0 aromatic carbocycles. The molecule has 0 bridgehead atoms. The summed E-state index contributed by atoms with van der Waals surface area (Å²) in [6.07, 6.45) is 6.43. The van der Waals surface area contributed by atoms with Crippen molar-refractivity contribution in [3.63, 3.8) is 0 Å². The van der Waals surface area contributed by atoms with Gasteiger partial charge in [-0.3, -0.25) is 0 Å². The third kappa shape index (κ3) is 5.30. The molecule has 1 fully saturated rings. The lowest BCUT2D eigenvalue weighted by atomic mass is 9.96. The molecule has 5 nitrogen and oxygen atoms in total. The second-order valence-electron chi connectivity index (χ2n) is 7.15. The zero-order valence-electron chi connectivity index (χ0n) is 14.0. The molecule has 1 atom stereocenters. The summed E-state index contributed by atoms with van der Waals surface area (Å²) < 4.78 is 5.81. The first-order valence-electron chi connectivity index (χ1n) is 8.30. The molecule has 1 saturated heterocycles. The molecule has 2 rings (SSSR count). The van der Waals surface area contributed by atoms with E-state index in [0.717, 1.165) is 19.0 Å². The van der Waals surface area contributed by atoms with Crippen LogP contribution in [-0.4, -0.2) is 28.8 Å². The topological polar surface area (TPSA) is 54.2 Å². The monoisotopic (exact) mass is 294 g/mol. The van der Waals surface area contributed by atoms with Gasteiger partial charge < -0.3 is 14.6 Å². The Bertz CT molecular complexity index is 424. The first-order chi connectivity index (χ1) is 9.98. The molecule has 1 aromatic heterocycles. The lowest BCUT2D eigenvalue weighted by Crippen LogP contribution is -2.35. The Kier molecular flexibility index (Phi) is 5.62. The molecule has 0 aliphatic carbocycles. The Labute approximate surface area is 128 Å². The molecule has 0 spiro atoms. The highest BCUT2D eigenvalue weighted by atomic mass is 16.4. The van der Waals surface area contributed by atoms with Crippen LogP contribution in [0.15, 0.2) is 4.42 Å². The predicted octanol–water partition coefficient (Wildman–Crippen LogP) is 3.36. The minimum Gasteiger partial charge on any atom is -0.407 e. The molecule has 1 aliphatic rings. The molecule has 1 aliphatic heterocycles. The van der Waals surface area contributed by atoms with Gasteiger partial charge in [-0.1, -0.05) is 24.9 Å². The fourth-order valence-corrected chi connectivity index (χ4v) is 2.84. The number of hydrogen-bond donors (Lipinski definition) is 1. The molecule has 120 valence electrons. The maximum atomic E-state index is 5.81. The minimum absolute atomic E-state index is 0.0601. The van der Waals surface area contributed by atoms with Crippen molar-refractivity contribution in [2.45, 2.75) is 71.9 Å². The van der Waals surface area contributed by atoms with Crippen molar-refractivity contribution in [3.05, 3.63) is 5.89 Å². The quantitative estimate of drug-likeness (QED) is 0.902. The van der Waals surface area contributed by atoms with Crippen LogP contribution < -0.4 is 10.2 Å². The van der Waals surface area contributed by atoms with Crippen molar-refractivity contribution in [1.29, 1.82) is 0 Å². The van der Waals surface area contributed by atoms with E-state index in [2.05, 4.69) is 48.1 Å². The van der Waals surface area contributed by atoms with Crippen LogP contribution in [0.25, 0.3) is 0 Å². The second-order valence-corrected chi connectivity index (χ2v) is 7.15. The number of hydrogen-bond acceptors (Lipinski definition) is 5. The highest BCUT2D eigenvalue weighted by molar-refractivity contribution is 5.24. The molecule has 1 aromatic rings. The Balaban J connectivity index is 1.88. The highest BCUT2D eigenvalue weighted by Gasteiger charge is 2.21. The number of rotatable bonds is 5. The molecular formula is C16H30N4O. The molecule has 0 radical (unpaired) electrons. The van der Waals surface area contributed by atoms with Crippen LogP contribution in [0, 0.1) is 5.92 Å². The Hall–Kier alpha value is -1.10. The number of aromatic nitrogens is 2. The normalized spacial score (nSPS) is 20.6. The maximum absolute atomic E-state index is 5.81. The van der Waals surface area contributed by atoms with E-state index in [1.54, 1.807) is 0 Å². The molecule has 2 heterocycles. The van der Waals surface area contributed by atoms with Gasteiger partial charge in [-0.25, -0.2) is 0 Å². The van der Waals surface area contributed by atoms with Gasteiger partial charge in [-0.2, -0.15) is 0 Å². The van der Waals surface area contributed by atoms with Crippen molar-refractivity contribution in [2.75, 3.05) is 18.0 Å². The summed E-state index contributed by atoms with van der Waals surface area (Å²) in [7, 11) is 0. The van der Waals surface area contributed by atoms with Gasteiger partial charge in [-0.05, 0) is 46.0 Å². The zero-order chi connectivity index (χ0) is 15.3. The molecule has 5 heteroatoms. The lowest BCUT2D eigenvalue weighted by Gasteiger charge is -2.19. The van der Waals surface area contributed by atoms with Gasteiger partial charge in [0.1, 0.15) is 0 Å². The van der Waals surface area contributed by atoms with Crippen LogP contribution in [0.2, 0.25) is 0 Å². The van der Waals surface area contributed by atoms with Crippen molar-refractivity contribution < 1.29 is 4.42 Å². The summed E-state index contributed by atoms with van der Waals surface area (Å²) in [6.45, 7) is 11.4. The van der Waals surface area contributed by atoms with Crippen LogP contribution in [0.1, 0.15) is 65.7 Å². The van der Waals surface area contributed by atoms with Crippen molar-refractivity contribution in [1.82, 2.24) is 15.5 Å². The molecule has 21 heavy (non-hydrogen) atoms. The van der Waals surface area contributed by atoms with Crippen LogP contribution in [0.3, 0.4) is 0 Å². The van der Waals surface area contributed by atoms with E-state index in [4.69, 9.17) is 4.42 Å². The standard InChI is InChI=1S/C16H30N4O/c1-5-7-13-8-6-10-20(11-9-13)15-19-18-14(21-15)12-17-16(2,3)4/h13,17H,5-12H2,1-4H3. The van der Waals surface area contributed by atoms with E-state index in [0.29, 0.717) is 18.5 Å². The lowest BCUT2D eigenvalue weighted by molar-refractivity contribution is 0.380. The summed E-state index contributed by atoms with van der Waals surface area (Å²) in [4.78, 5) is 2.25. The van der Waals surface area contributed by atoms with Gasteiger partial charge in [-0.15, -0.1) is 5.10 Å². The van der Waals surface area contributed by atoms with E-state index in [1.807, 2.05) is 0 Å². The molecular weight excluding hydrogens is 264 g/mol. The van der Waals surface area contributed by atoms with E-state index in [1.165, 1.54) is 32.1 Å². The third-order valence-corrected chi connectivity index (χ3v) is 4.04. The first-order valence-corrected chi connectivity index (χ1v) is 8.30. The number of anilines is 1. The van der Waals surface area contributed by atoms with Gasteiger partial charge in [0.2, 0.25) is 5.89 Å². The van der Waals surface area contributed by atoms with Crippen molar-refractivity contribution in [2.24, 2.45) is 5.92 Å². The smallest absolute Gasteiger partial charge is 0.318 e. The fraction of sp³-hybridized carbons (Fsp3) is 0.875. The summed E-state index contributed by atoms with van der Waals surface area (Å²) in [5.74, 6) is 1.54. The van der Waals surface area contributed by atoms with Crippen molar-refractivity contribution >= 4 is 6.01 Å². The summed E-state index contributed by atoms with van der Waals surface area (Å²) in [6, 6.07) is 0.692. The van der Waals surface area contributed by atoms with Crippen LogP contribution in [0.4, 0.5) is 6.01 Å². The van der Waals surface area contributed by atoms with Crippen molar-refractivity contribution in [3.8, 4) is 0 Å². The molecule has 0 saturated carbocycles. The van der Waals surface area contributed by atoms with Gasteiger partial charge in [0, 0.05) is 18.6 Å². The third-order valence-electron chi connectivity index (χ3n) is 4.04. The van der Waals surface area contributed by atoms with Crippen LogP contribution >= 0.6 is 0 Å². The molecule has 1 unspecified atom stereocenters. The predicted molar refractivity (Wildman–Crippen MR) is 85.4 cm³/mol. The Morgan fingerprint density at radius 2 is 2.05 bits per heavy atom. The van der Waals surface area contributed by atoms with Gasteiger partial charge in [0.05, 0.1) is 6.54 Å². The second kappa shape index (κ2) is 7.25. The summed E-state index contributed by atoms with van der Waals surface area (Å²) >= 11 is 0. The van der Waals surface area contributed by atoms with Gasteiger partial charge >= 0.3 is 6.01 Å². The molecule has 0 amide bonds. The minimum atomic E-state index is 0.0601. The van der Waals surface area contributed by atoms with Gasteiger partial charge in [0.15, 0.2) is 0 Å². The SMILES string of the molecule is CCCC1CCCN(c2nnc(CNC(C)(C)C)o2)CC1. The van der Waals surface area contributed by atoms with Gasteiger partial charge in [0.25, 0.3) is 0 Å². The van der Waals surface area contributed by atoms with E-state index in [-0.39, 0.29) is 5.54 Å². The average molecular weight is 294 g/mol. The largest absolute Gasteiger partial charge is 0.407 e. The number of nitrogens with zero attached hydrogens (tertiary/aromatic N) is 3. The Morgan fingerprint density at radius 3 is 2.76 bits per heavy atom. The summed E-state index contributed by atoms with van der Waals surface area (Å²) in [5, 5.41) is 11.8.